The Morgan fingerprint density at radius 3 is 2.52 bits per heavy atom. The number of phenols is 1. The van der Waals surface area contributed by atoms with E-state index < -0.39 is 11.9 Å². The van der Waals surface area contributed by atoms with Crippen molar-refractivity contribution < 1.29 is 19.4 Å². The van der Waals surface area contributed by atoms with E-state index in [1.165, 1.54) is 11.3 Å². The minimum atomic E-state index is -0.941. The fraction of sp³-hybridized carbons (Fsp3) is 0.357. The fourth-order valence-corrected chi connectivity index (χ4v) is 2.99. The number of nitrogens with zero attached hydrogens (tertiary/aromatic N) is 1. The van der Waals surface area contributed by atoms with E-state index in [0.717, 1.165) is 15.8 Å². The van der Waals surface area contributed by atoms with Crippen molar-refractivity contribution >= 4 is 38.6 Å². The number of benzene rings is 1. The molecule has 7 heteroatoms. The van der Waals surface area contributed by atoms with Gasteiger partial charge in [-0.3, -0.25) is 10.1 Å². The van der Waals surface area contributed by atoms with Gasteiger partial charge in [0, 0.05) is 5.56 Å². The van der Waals surface area contributed by atoms with E-state index in [9.17, 15) is 14.7 Å². The minimum absolute atomic E-state index is 0.136. The number of carbonyl (C=O) groups excluding carboxylic acids is 2. The van der Waals surface area contributed by atoms with Crippen molar-refractivity contribution in [3.05, 3.63) is 16.7 Å². The lowest BCUT2D eigenvalue weighted by Gasteiger charge is -2.07. The Morgan fingerprint density at radius 1 is 1.24 bits per heavy atom. The number of ether oxygens (including phenoxy) is 1. The number of hydrogen-bond donors (Lipinski definition) is 2. The van der Waals surface area contributed by atoms with Gasteiger partial charge in [-0.2, -0.15) is 0 Å². The second kappa shape index (κ2) is 5.69. The third-order valence-electron chi connectivity index (χ3n) is 3.28. The Labute approximate surface area is 125 Å². The third-order valence-corrected chi connectivity index (χ3v) is 4.37. The number of amides is 1. The van der Waals surface area contributed by atoms with Gasteiger partial charge in [0.2, 0.25) is 0 Å². The molecule has 1 aromatic heterocycles. The van der Waals surface area contributed by atoms with Crippen molar-refractivity contribution in [1.29, 1.82) is 0 Å². The molecule has 2 N–H and O–H groups in total. The van der Waals surface area contributed by atoms with Crippen LogP contribution in [0.25, 0.3) is 10.2 Å². The van der Waals surface area contributed by atoms with Gasteiger partial charge in [0.05, 0.1) is 16.8 Å². The van der Waals surface area contributed by atoms with Crippen LogP contribution in [0.15, 0.2) is 0 Å². The normalized spacial score (nSPS) is 10.7. The molecule has 1 amide bonds. The topological polar surface area (TPSA) is 88.5 Å². The lowest BCUT2D eigenvalue weighted by atomic mass is 10.0. The molecule has 0 aliphatic heterocycles. The number of aromatic nitrogens is 1. The van der Waals surface area contributed by atoms with E-state index in [4.69, 9.17) is 0 Å². The number of fused-ring (bicyclic) bond motifs is 1. The highest BCUT2D eigenvalue weighted by Gasteiger charge is 2.19. The molecular weight excluding hydrogens is 292 g/mol. The van der Waals surface area contributed by atoms with Gasteiger partial charge in [-0.1, -0.05) is 11.3 Å². The van der Waals surface area contributed by atoms with Gasteiger partial charge >= 0.3 is 11.9 Å². The number of rotatable bonds is 2. The van der Waals surface area contributed by atoms with Gasteiger partial charge in [-0.05, 0) is 38.8 Å². The highest BCUT2D eigenvalue weighted by Crippen LogP contribution is 2.38. The molecule has 0 atom stereocenters. The summed E-state index contributed by atoms with van der Waals surface area (Å²) in [6, 6.07) is 0. The van der Waals surface area contributed by atoms with Gasteiger partial charge < -0.3 is 9.84 Å². The standard InChI is InChI=1S/C14H16N2O4S/c1-5-20-13(19)12(18)16-14-15-9-6(2)7(3)10(17)8(4)11(9)21-14/h17H,5H2,1-4H3,(H,15,16,18). The molecular formula is C14H16N2O4S. The summed E-state index contributed by atoms with van der Waals surface area (Å²) in [6.45, 7) is 7.22. The van der Waals surface area contributed by atoms with Crippen molar-refractivity contribution in [2.24, 2.45) is 0 Å². The summed E-state index contributed by atoms with van der Waals surface area (Å²) in [5, 5.41) is 12.8. The van der Waals surface area contributed by atoms with E-state index >= 15 is 0 Å². The molecule has 6 nitrogen and oxygen atoms in total. The Morgan fingerprint density at radius 2 is 1.90 bits per heavy atom. The Kier molecular flexibility index (Phi) is 4.13. The minimum Gasteiger partial charge on any atom is -0.507 e. The largest absolute Gasteiger partial charge is 0.507 e. The fourth-order valence-electron chi connectivity index (χ4n) is 1.97. The number of esters is 1. The quantitative estimate of drug-likeness (QED) is 0.657. The molecule has 0 spiro atoms. The molecule has 0 fully saturated rings. The van der Waals surface area contributed by atoms with Gasteiger partial charge in [0.25, 0.3) is 0 Å². The van der Waals surface area contributed by atoms with Gasteiger partial charge in [0.15, 0.2) is 5.13 Å². The summed E-state index contributed by atoms with van der Waals surface area (Å²) in [5.41, 5.74) is 3.03. The van der Waals surface area contributed by atoms with Crippen molar-refractivity contribution in [3.8, 4) is 5.75 Å². The number of thiazole rings is 1. The zero-order valence-corrected chi connectivity index (χ0v) is 13.1. The second-order valence-electron chi connectivity index (χ2n) is 4.59. The van der Waals surface area contributed by atoms with Crippen molar-refractivity contribution in [2.75, 3.05) is 11.9 Å². The number of phenolic OH excluding ortho intramolecular Hbond substituents is 1. The van der Waals surface area contributed by atoms with Crippen molar-refractivity contribution in [3.63, 3.8) is 0 Å². The summed E-state index contributed by atoms with van der Waals surface area (Å²) in [6.07, 6.45) is 0. The van der Waals surface area contributed by atoms with Gasteiger partial charge in [0.1, 0.15) is 5.75 Å². The maximum absolute atomic E-state index is 11.6. The Hall–Kier alpha value is -2.15. The zero-order valence-electron chi connectivity index (χ0n) is 12.2. The first-order valence-corrected chi connectivity index (χ1v) is 7.25. The van der Waals surface area contributed by atoms with Crippen LogP contribution in [0.4, 0.5) is 5.13 Å². The third kappa shape index (κ3) is 2.69. The van der Waals surface area contributed by atoms with Crippen LogP contribution in [-0.2, 0) is 14.3 Å². The van der Waals surface area contributed by atoms with E-state index in [2.05, 4.69) is 15.0 Å². The first-order chi connectivity index (χ1) is 9.86. The summed E-state index contributed by atoms with van der Waals surface area (Å²) in [7, 11) is 0. The molecule has 112 valence electrons. The van der Waals surface area contributed by atoms with Crippen LogP contribution >= 0.6 is 11.3 Å². The van der Waals surface area contributed by atoms with Gasteiger partial charge in [-0.25, -0.2) is 9.78 Å². The van der Waals surface area contributed by atoms with Crippen LogP contribution in [0, 0.1) is 20.8 Å². The first kappa shape index (κ1) is 15.2. The lowest BCUT2D eigenvalue weighted by molar-refractivity contribution is -0.152. The average molecular weight is 308 g/mol. The summed E-state index contributed by atoms with van der Waals surface area (Å²) in [4.78, 5) is 27.2. The number of nitrogens with one attached hydrogen (secondary N) is 1. The molecule has 0 aliphatic rings. The summed E-state index contributed by atoms with van der Waals surface area (Å²) < 4.78 is 5.41. The van der Waals surface area contributed by atoms with Crippen LogP contribution in [0.1, 0.15) is 23.6 Å². The molecule has 1 heterocycles. The molecule has 0 aliphatic carbocycles. The summed E-state index contributed by atoms with van der Waals surface area (Å²) in [5.74, 6) is -1.57. The molecule has 21 heavy (non-hydrogen) atoms. The number of carbonyl (C=O) groups is 2. The van der Waals surface area contributed by atoms with E-state index in [0.29, 0.717) is 16.2 Å². The molecule has 0 radical (unpaired) electrons. The van der Waals surface area contributed by atoms with Crippen LogP contribution < -0.4 is 5.32 Å². The highest BCUT2D eigenvalue weighted by molar-refractivity contribution is 7.22. The maximum atomic E-state index is 11.6. The van der Waals surface area contributed by atoms with E-state index in [1.54, 1.807) is 13.8 Å². The van der Waals surface area contributed by atoms with Crippen LogP contribution in [0.2, 0.25) is 0 Å². The molecule has 2 rings (SSSR count). The number of aromatic hydroxyl groups is 1. The molecule has 0 unspecified atom stereocenters. The zero-order chi connectivity index (χ0) is 15.7. The predicted octanol–water partition coefficient (Wildman–Crippen LogP) is 2.43. The van der Waals surface area contributed by atoms with E-state index in [1.807, 2.05) is 13.8 Å². The monoisotopic (exact) mass is 308 g/mol. The van der Waals surface area contributed by atoms with Crippen LogP contribution in [0.3, 0.4) is 0 Å². The van der Waals surface area contributed by atoms with Gasteiger partial charge in [-0.15, -0.1) is 0 Å². The SMILES string of the molecule is CCOC(=O)C(=O)Nc1nc2c(C)c(C)c(O)c(C)c2s1. The van der Waals surface area contributed by atoms with Crippen molar-refractivity contribution in [2.45, 2.75) is 27.7 Å². The predicted molar refractivity (Wildman–Crippen MR) is 80.8 cm³/mol. The molecule has 1 aromatic carbocycles. The maximum Gasteiger partial charge on any atom is 0.397 e. The van der Waals surface area contributed by atoms with Crippen molar-refractivity contribution in [1.82, 2.24) is 4.98 Å². The molecule has 2 aromatic rings. The lowest BCUT2D eigenvalue weighted by Crippen LogP contribution is -2.24. The Bertz CT molecular complexity index is 691. The smallest absolute Gasteiger partial charge is 0.397 e. The number of anilines is 1. The summed E-state index contributed by atoms with van der Waals surface area (Å²) >= 11 is 1.21. The molecule has 0 bridgehead atoms. The molecule has 0 saturated heterocycles. The van der Waals surface area contributed by atoms with Crippen LogP contribution in [-0.4, -0.2) is 28.6 Å². The number of aryl methyl sites for hydroxylation is 2. The number of hydrogen-bond acceptors (Lipinski definition) is 6. The Balaban J connectivity index is 2.40. The molecule has 0 saturated carbocycles. The second-order valence-corrected chi connectivity index (χ2v) is 5.59. The first-order valence-electron chi connectivity index (χ1n) is 6.44. The average Bonchev–Trinajstić information content (AvgIpc) is 2.87. The van der Waals surface area contributed by atoms with E-state index in [-0.39, 0.29) is 12.4 Å². The van der Waals surface area contributed by atoms with Crippen LogP contribution in [0.5, 0.6) is 5.75 Å². The highest BCUT2D eigenvalue weighted by atomic mass is 32.1.